The topological polar surface area (TPSA) is 28.2 Å². The summed E-state index contributed by atoms with van der Waals surface area (Å²) in [5.41, 5.74) is 2.47. The van der Waals surface area contributed by atoms with Crippen LogP contribution in [0.25, 0.3) is 0 Å². The van der Waals surface area contributed by atoms with Crippen LogP contribution in [0.1, 0.15) is 18.9 Å². The lowest BCUT2D eigenvalue weighted by Crippen LogP contribution is -2.16. The van der Waals surface area contributed by atoms with E-state index in [4.69, 9.17) is 0 Å². The van der Waals surface area contributed by atoms with E-state index in [9.17, 15) is 0 Å². The van der Waals surface area contributed by atoms with Gasteiger partial charge >= 0.3 is 0 Å². The Hall–Kier alpha value is -2.03. The minimum Gasteiger partial charge on any atom is -0.381 e. The number of aryl methyl sites for hydroxylation is 1. The second kappa shape index (κ2) is 6.94. The van der Waals surface area contributed by atoms with Crippen molar-refractivity contribution in [2.75, 3.05) is 24.3 Å². The summed E-state index contributed by atoms with van der Waals surface area (Å²) in [6.07, 6.45) is 4.10. The summed E-state index contributed by atoms with van der Waals surface area (Å²) in [6.45, 7) is 2.21. The summed E-state index contributed by atoms with van der Waals surface area (Å²) in [4.78, 5) is 6.42. The van der Waals surface area contributed by atoms with Crippen LogP contribution in [0.5, 0.6) is 0 Å². The van der Waals surface area contributed by atoms with E-state index in [0.717, 1.165) is 24.3 Å². The van der Waals surface area contributed by atoms with E-state index >= 15 is 0 Å². The van der Waals surface area contributed by atoms with E-state index < -0.39 is 0 Å². The smallest absolute Gasteiger partial charge is 0.128 e. The van der Waals surface area contributed by atoms with Crippen molar-refractivity contribution in [3.63, 3.8) is 0 Å². The molecular weight excluding hydrogens is 246 g/mol. The summed E-state index contributed by atoms with van der Waals surface area (Å²) < 4.78 is 0. The Kier molecular flexibility index (Phi) is 4.99. The first-order valence-corrected chi connectivity index (χ1v) is 7.09. The fourth-order valence-electron chi connectivity index (χ4n) is 2.12. The molecule has 1 heterocycles. The monoisotopic (exact) mass is 269 g/mol. The van der Waals surface area contributed by atoms with Crippen LogP contribution in [0, 0.1) is 0 Å². The number of nitrogens with one attached hydrogen (secondary N) is 1. The van der Waals surface area contributed by atoms with E-state index in [1.165, 1.54) is 5.56 Å². The Bertz CT molecular complexity index is 506. The quantitative estimate of drug-likeness (QED) is 0.868. The van der Waals surface area contributed by atoms with Crippen molar-refractivity contribution in [1.29, 1.82) is 0 Å². The number of hydrogen-bond donors (Lipinski definition) is 1. The second-order valence-electron chi connectivity index (χ2n) is 5.37. The van der Waals surface area contributed by atoms with Crippen molar-refractivity contribution in [2.24, 2.45) is 0 Å². The van der Waals surface area contributed by atoms with Gasteiger partial charge in [-0.3, -0.25) is 0 Å². The molecule has 106 valence electrons. The maximum Gasteiger partial charge on any atom is 0.128 e. The van der Waals surface area contributed by atoms with Crippen LogP contribution < -0.4 is 10.2 Å². The molecule has 0 aliphatic carbocycles. The van der Waals surface area contributed by atoms with E-state index in [-0.39, 0.29) is 0 Å². The third-order valence-corrected chi connectivity index (χ3v) is 3.33. The number of nitrogens with zero attached hydrogens (tertiary/aromatic N) is 2. The normalized spacial score (nSPS) is 11.9. The zero-order valence-electron chi connectivity index (χ0n) is 12.5. The SMILES string of the molecule is CC(CCc1ccccc1)Nc1ccc(N(C)C)nc1. The molecule has 2 rings (SSSR count). The lowest BCUT2D eigenvalue weighted by molar-refractivity contribution is 0.706. The van der Waals surface area contributed by atoms with E-state index in [1.54, 1.807) is 0 Å². The molecule has 3 nitrogen and oxygen atoms in total. The number of hydrogen-bond acceptors (Lipinski definition) is 3. The van der Waals surface area contributed by atoms with Crippen LogP contribution in [0.3, 0.4) is 0 Å². The molecule has 0 saturated carbocycles. The van der Waals surface area contributed by atoms with Gasteiger partial charge in [0.2, 0.25) is 0 Å². The van der Waals surface area contributed by atoms with Gasteiger partial charge in [-0.2, -0.15) is 0 Å². The molecule has 0 aliphatic heterocycles. The first kappa shape index (κ1) is 14.4. The van der Waals surface area contributed by atoms with Crippen molar-refractivity contribution < 1.29 is 0 Å². The predicted octanol–water partition coefficient (Wildman–Crippen LogP) is 3.58. The number of rotatable bonds is 6. The standard InChI is InChI=1S/C17H23N3/c1-14(9-10-15-7-5-4-6-8-15)19-16-11-12-17(18-13-16)20(2)3/h4-8,11-14,19H,9-10H2,1-3H3. The zero-order valence-corrected chi connectivity index (χ0v) is 12.5. The molecule has 0 amide bonds. The molecule has 1 aromatic heterocycles. The molecular formula is C17H23N3. The zero-order chi connectivity index (χ0) is 14.4. The molecule has 0 fully saturated rings. The predicted molar refractivity (Wildman–Crippen MR) is 86.4 cm³/mol. The molecule has 1 N–H and O–H groups in total. The fourth-order valence-corrected chi connectivity index (χ4v) is 2.12. The maximum atomic E-state index is 4.41. The molecule has 0 radical (unpaired) electrons. The first-order chi connectivity index (χ1) is 9.65. The van der Waals surface area contributed by atoms with Gasteiger partial charge in [0.15, 0.2) is 0 Å². The van der Waals surface area contributed by atoms with Crippen LogP contribution in [-0.4, -0.2) is 25.1 Å². The maximum absolute atomic E-state index is 4.41. The fraction of sp³-hybridized carbons (Fsp3) is 0.353. The lowest BCUT2D eigenvalue weighted by Gasteiger charge is -2.16. The number of pyridine rings is 1. The molecule has 0 aliphatic rings. The summed E-state index contributed by atoms with van der Waals surface area (Å²) in [7, 11) is 4.00. The lowest BCUT2D eigenvalue weighted by atomic mass is 10.1. The van der Waals surface area contributed by atoms with Gasteiger partial charge in [-0.1, -0.05) is 30.3 Å². The molecule has 1 atom stereocenters. The molecule has 3 heteroatoms. The van der Waals surface area contributed by atoms with Gasteiger partial charge in [0.05, 0.1) is 11.9 Å². The molecule has 1 unspecified atom stereocenters. The van der Waals surface area contributed by atoms with Crippen LogP contribution in [0.15, 0.2) is 48.7 Å². The molecule has 1 aromatic carbocycles. The summed E-state index contributed by atoms with van der Waals surface area (Å²) in [5, 5.41) is 3.50. The Morgan fingerprint density at radius 2 is 1.85 bits per heavy atom. The minimum absolute atomic E-state index is 0.433. The van der Waals surface area contributed by atoms with Gasteiger partial charge in [0.25, 0.3) is 0 Å². The van der Waals surface area contributed by atoms with Crippen LogP contribution >= 0.6 is 0 Å². The van der Waals surface area contributed by atoms with E-state index in [0.29, 0.717) is 6.04 Å². The van der Waals surface area contributed by atoms with Crippen molar-refractivity contribution in [3.8, 4) is 0 Å². The summed E-state index contributed by atoms with van der Waals surface area (Å²) >= 11 is 0. The molecule has 2 aromatic rings. The van der Waals surface area contributed by atoms with Gasteiger partial charge in [0.1, 0.15) is 5.82 Å². The van der Waals surface area contributed by atoms with Crippen LogP contribution in [0.2, 0.25) is 0 Å². The first-order valence-electron chi connectivity index (χ1n) is 7.09. The summed E-state index contributed by atoms with van der Waals surface area (Å²) in [6, 6.07) is 15.2. The van der Waals surface area contributed by atoms with Crippen LogP contribution in [0.4, 0.5) is 11.5 Å². The van der Waals surface area contributed by atoms with Crippen molar-refractivity contribution in [1.82, 2.24) is 4.98 Å². The van der Waals surface area contributed by atoms with Gasteiger partial charge in [-0.15, -0.1) is 0 Å². The van der Waals surface area contributed by atoms with Gasteiger partial charge in [-0.25, -0.2) is 4.98 Å². The molecule has 20 heavy (non-hydrogen) atoms. The molecule has 0 bridgehead atoms. The molecule has 0 spiro atoms. The third kappa shape index (κ3) is 4.26. The number of benzene rings is 1. The van der Waals surface area contributed by atoms with Crippen molar-refractivity contribution >= 4 is 11.5 Å². The highest BCUT2D eigenvalue weighted by Crippen LogP contribution is 2.14. The Morgan fingerprint density at radius 3 is 2.45 bits per heavy atom. The van der Waals surface area contributed by atoms with Gasteiger partial charge in [-0.05, 0) is 37.5 Å². The highest BCUT2D eigenvalue weighted by Gasteiger charge is 2.04. The largest absolute Gasteiger partial charge is 0.381 e. The van der Waals surface area contributed by atoms with Gasteiger partial charge < -0.3 is 10.2 Å². The average Bonchev–Trinajstić information content (AvgIpc) is 2.47. The Balaban J connectivity index is 1.83. The van der Waals surface area contributed by atoms with Crippen LogP contribution in [-0.2, 0) is 6.42 Å². The summed E-state index contributed by atoms with van der Waals surface area (Å²) in [5.74, 6) is 0.979. The Labute approximate surface area is 121 Å². The average molecular weight is 269 g/mol. The third-order valence-electron chi connectivity index (χ3n) is 3.33. The number of anilines is 2. The second-order valence-corrected chi connectivity index (χ2v) is 5.37. The Morgan fingerprint density at radius 1 is 1.10 bits per heavy atom. The number of aromatic nitrogens is 1. The van der Waals surface area contributed by atoms with Crippen molar-refractivity contribution in [2.45, 2.75) is 25.8 Å². The molecule has 0 saturated heterocycles. The van der Waals surface area contributed by atoms with Crippen molar-refractivity contribution in [3.05, 3.63) is 54.2 Å². The highest BCUT2D eigenvalue weighted by atomic mass is 15.1. The van der Waals surface area contributed by atoms with Gasteiger partial charge in [0, 0.05) is 20.1 Å². The highest BCUT2D eigenvalue weighted by molar-refractivity contribution is 5.48. The minimum atomic E-state index is 0.433. The van der Waals surface area contributed by atoms with E-state index in [2.05, 4.69) is 53.6 Å². The van der Waals surface area contributed by atoms with E-state index in [1.807, 2.05) is 31.3 Å².